The third-order valence-corrected chi connectivity index (χ3v) is 1.63. The molecule has 0 aromatic rings. The molecule has 1 aliphatic carbocycles. The smallest absolute Gasteiger partial charge is 0.0247 e. The van der Waals surface area contributed by atoms with Gasteiger partial charge in [-0.1, -0.05) is 26.0 Å². The molecule has 1 unspecified atom stereocenters. The Morgan fingerprint density at radius 1 is 1.40 bits per heavy atom. The number of allylic oxidation sites excluding steroid dienone is 1. The Labute approximate surface area is 64.5 Å². The van der Waals surface area contributed by atoms with Crippen LogP contribution >= 0.6 is 0 Å². The van der Waals surface area contributed by atoms with Crippen LogP contribution in [0.25, 0.3) is 0 Å². The molecule has 1 rings (SSSR count). The molecule has 0 radical (unpaired) electrons. The average molecular weight is 141 g/mol. The summed E-state index contributed by atoms with van der Waals surface area (Å²) in [5, 5.41) is 3.22. The van der Waals surface area contributed by atoms with Gasteiger partial charge >= 0.3 is 0 Å². The van der Waals surface area contributed by atoms with Gasteiger partial charge in [0.1, 0.15) is 0 Å². The van der Waals surface area contributed by atoms with Crippen LogP contribution in [0.2, 0.25) is 0 Å². The van der Waals surface area contributed by atoms with Gasteiger partial charge in [0, 0.05) is 6.04 Å². The average Bonchev–Trinajstić information content (AvgIpc) is 2.10. The molecule has 0 amide bonds. The summed E-state index contributed by atoms with van der Waals surface area (Å²) in [6, 6.07) is 0.656. The van der Waals surface area contributed by atoms with E-state index < -0.39 is 0 Å². The monoisotopic (exact) mass is 141 g/mol. The van der Waals surface area contributed by atoms with Gasteiger partial charge in [-0.2, -0.15) is 0 Å². The summed E-state index contributed by atoms with van der Waals surface area (Å²) in [5.41, 5.74) is 0. The molecule has 1 N–H and O–H groups in total. The second-order valence-electron chi connectivity index (χ2n) is 2.25. The van der Waals surface area contributed by atoms with Gasteiger partial charge in [-0.05, 0) is 26.3 Å². The van der Waals surface area contributed by atoms with E-state index in [0.29, 0.717) is 6.04 Å². The maximum atomic E-state index is 3.22. The molecular weight excluding hydrogens is 122 g/mol. The summed E-state index contributed by atoms with van der Waals surface area (Å²) in [4.78, 5) is 0. The zero-order valence-electron chi connectivity index (χ0n) is 7.35. The van der Waals surface area contributed by atoms with Crippen LogP contribution in [0, 0.1) is 0 Å². The molecule has 0 aromatic heterocycles. The van der Waals surface area contributed by atoms with E-state index in [9.17, 15) is 0 Å². The first-order valence-electron chi connectivity index (χ1n) is 4.27. The van der Waals surface area contributed by atoms with Crippen molar-refractivity contribution in [2.24, 2.45) is 0 Å². The van der Waals surface area contributed by atoms with Crippen LogP contribution in [0.3, 0.4) is 0 Å². The van der Waals surface area contributed by atoms with E-state index in [2.05, 4.69) is 17.5 Å². The summed E-state index contributed by atoms with van der Waals surface area (Å²) in [6.45, 7) is 4.00. The van der Waals surface area contributed by atoms with E-state index in [4.69, 9.17) is 0 Å². The van der Waals surface area contributed by atoms with E-state index in [-0.39, 0.29) is 0 Å². The van der Waals surface area contributed by atoms with Gasteiger partial charge in [0.2, 0.25) is 0 Å². The summed E-state index contributed by atoms with van der Waals surface area (Å²) < 4.78 is 0. The molecule has 0 aromatic carbocycles. The first-order valence-corrected chi connectivity index (χ1v) is 4.27. The maximum absolute atomic E-state index is 3.22. The highest BCUT2D eigenvalue weighted by Crippen LogP contribution is 2.08. The van der Waals surface area contributed by atoms with Crippen molar-refractivity contribution in [2.75, 3.05) is 7.05 Å². The SMILES string of the molecule is CC.CNC1C=CCCC1. The van der Waals surface area contributed by atoms with Crippen LogP contribution in [0.15, 0.2) is 12.2 Å². The second-order valence-corrected chi connectivity index (χ2v) is 2.25. The molecule has 0 aliphatic heterocycles. The van der Waals surface area contributed by atoms with Crippen molar-refractivity contribution in [3.8, 4) is 0 Å². The van der Waals surface area contributed by atoms with Gasteiger partial charge in [-0.15, -0.1) is 0 Å². The molecule has 1 heteroatoms. The predicted octanol–water partition coefficient (Wildman–Crippen LogP) is 2.34. The van der Waals surface area contributed by atoms with Crippen molar-refractivity contribution in [3.63, 3.8) is 0 Å². The first-order chi connectivity index (χ1) is 4.93. The number of rotatable bonds is 1. The number of hydrogen-bond donors (Lipinski definition) is 1. The Hall–Kier alpha value is -0.300. The van der Waals surface area contributed by atoms with Gasteiger partial charge in [0.15, 0.2) is 0 Å². The largest absolute Gasteiger partial charge is 0.314 e. The Kier molecular flexibility index (Phi) is 6.61. The van der Waals surface area contributed by atoms with E-state index in [1.54, 1.807) is 0 Å². The number of likely N-dealkylation sites (N-methyl/N-ethyl adjacent to an activating group) is 1. The fourth-order valence-electron chi connectivity index (χ4n) is 1.05. The molecule has 1 aliphatic rings. The van der Waals surface area contributed by atoms with E-state index in [0.717, 1.165) is 0 Å². The highest BCUT2D eigenvalue weighted by molar-refractivity contribution is 4.96. The summed E-state index contributed by atoms with van der Waals surface area (Å²) in [7, 11) is 2.01. The van der Waals surface area contributed by atoms with Crippen LogP contribution in [0.1, 0.15) is 33.1 Å². The van der Waals surface area contributed by atoms with Gasteiger partial charge in [0.05, 0.1) is 0 Å². The lowest BCUT2D eigenvalue weighted by molar-refractivity contribution is 0.567. The zero-order chi connectivity index (χ0) is 7.82. The standard InChI is InChI=1S/C7H13N.C2H6/c1-8-7-5-3-2-4-6-7;1-2/h3,5,7-8H,2,4,6H2,1H3;1-2H3. The summed E-state index contributed by atoms with van der Waals surface area (Å²) in [6.07, 6.45) is 8.45. The van der Waals surface area contributed by atoms with Crippen molar-refractivity contribution in [3.05, 3.63) is 12.2 Å². The Bertz CT molecular complexity index is 86.7. The Morgan fingerprint density at radius 2 is 2.10 bits per heavy atom. The first kappa shape index (κ1) is 9.70. The lowest BCUT2D eigenvalue weighted by atomic mass is 10.0. The third-order valence-electron chi connectivity index (χ3n) is 1.63. The Morgan fingerprint density at radius 3 is 2.40 bits per heavy atom. The van der Waals surface area contributed by atoms with Crippen LogP contribution < -0.4 is 5.32 Å². The normalized spacial score (nSPS) is 23.3. The fraction of sp³-hybridized carbons (Fsp3) is 0.778. The van der Waals surface area contributed by atoms with E-state index in [1.807, 2.05) is 20.9 Å². The second kappa shape index (κ2) is 6.81. The molecule has 60 valence electrons. The molecule has 10 heavy (non-hydrogen) atoms. The summed E-state index contributed by atoms with van der Waals surface area (Å²) >= 11 is 0. The van der Waals surface area contributed by atoms with E-state index >= 15 is 0 Å². The minimum absolute atomic E-state index is 0.656. The number of nitrogens with one attached hydrogen (secondary N) is 1. The molecule has 0 fully saturated rings. The van der Waals surface area contributed by atoms with Gasteiger partial charge in [-0.25, -0.2) is 0 Å². The highest BCUT2D eigenvalue weighted by Gasteiger charge is 2.02. The van der Waals surface area contributed by atoms with Crippen LogP contribution in [-0.2, 0) is 0 Å². The van der Waals surface area contributed by atoms with Gasteiger partial charge in [-0.3, -0.25) is 0 Å². The van der Waals surface area contributed by atoms with Crippen molar-refractivity contribution in [2.45, 2.75) is 39.2 Å². The lowest BCUT2D eigenvalue weighted by Crippen LogP contribution is -2.23. The molecule has 0 spiro atoms. The maximum Gasteiger partial charge on any atom is 0.0247 e. The molecule has 0 saturated heterocycles. The summed E-state index contributed by atoms with van der Waals surface area (Å²) in [5.74, 6) is 0. The van der Waals surface area contributed by atoms with Crippen LogP contribution in [0.5, 0.6) is 0 Å². The third kappa shape index (κ3) is 3.67. The molecule has 0 heterocycles. The van der Waals surface area contributed by atoms with Crippen molar-refractivity contribution >= 4 is 0 Å². The van der Waals surface area contributed by atoms with Gasteiger partial charge < -0.3 is 5.32 Å². The molecule has 1 atom stereocenters. The lowest BCUT2D eigenvalue weighted by Gasteiger charge is -2.13. The predicted molar refractivity (Wildman–Crippen MR) is 47.2 cm³/mol. The van der Waals surface area contributed by atoms with Crippen LogP contribution in [-0.4, -0.2) is 13.1 Å². The quantitative estimate of drug-likeness (QED) is 0.553. The highest BCUT2D eigenvalue weighted by atomic mass is 14.9. The van der Waals surface area contributed by atoms with Crippen molar-refractivity contribution < 1.29 is 0 Å². The Balaban J connectivity index is 0.000000371. The molecule has 0 bridgehead atoms. The molecule has 1 nitrogen and oxygen atoms in total. The molecular formula is C9H19N. The minimum Gasteiger partial charge on any atom is -0.314 e. The van der Waals surface area contributed by atoms with Crippen molar-refractivity contribution in [1.82, 2.24) is 5.32 Å². The van der Waals surface area contributed by atoms with Crippen LogP contribution in [0.4, 0.5) is 0 Å². The van der Waals surface area contributed by atoms with Crippen molar-refractivity contribution in [1.29, 1.82) is 0 Å². The fourth-order valence-corrected chi connectivity index (χ4v) is 1.05. The topological polar surface area (TPSA) is 12.0 Å². The van der Waals surface area contributed by atoms with Gasteiger partial charge in [0.25, 0.3) is 0 Å². The number of hydrogen-bond acceptors (Lipinski definition) is 1. The zero-order valence-corrected chi connectivity index (χ0v) is 7.35. The van der Waals surface area contributed by atoms with E-state index in [1.165, 1.54) is 19.3 Å². The minimum atomic E-state index is 0.656. The molecule has 0 saturated carbocycles.